The van der Waals surface area contributed by atoms with Crippen molar-refractivity contribution in [2.24, 2.45) is 0 Å². The van der Waals surface area contributed by atoms with Crippen LogP contribution < -0.4 is 5.32 Å². The second-order valence-corrected chi connectivity index (χ2v) is 9.88. The Morgan fingerprint density at radius 2 is 1.52 bits per heavy atom. The normalized spacial score (nSPS) is 11.9. The van der Waals surface area contributed by atoms with Gasteiger partial charge in [-0.1, -0.05) is 78.9 Å². The van der Waals surface area contributed by atoms with E-state index in [0.717, 1.165) is 38.5 Å². The molecule has 0 aliphatic rings. The predicted octanol–water partition coefficient (Wildman–Crippen LogP) is 7.09. The van der Waals surface area contributed by atoms with Crippen LogP contribution in [0, 0.1) is 0 Å². The quantitative estimate of drug-likeness (QED) is 0.233. The minimum atomic E-state index is -0.982. The van der Waals surface area contributed by atoms with Crippen molar-refractivity contribution >= 4 is 33.6 Å². The van der Waals surface area contributed by atoms with Crippen LogP contribution in [-0.2, 0) is 6.54 Å². The third-order valence-electron chi connectivity index (χ3n) is 7.32. The van der Waals surface area contributed by atoms with Crippen LogP contribution in [0.15, 0.2) is 115 Å². The van der Waals surface area contributed by atoms with E-state index >= 15 is 0 Å². The van der Waals surface area contributed by atoms with E-state index in [0.29, 0.717) is 5.56 Å². The SMILES string of the molecule is C[C@@H](c1ccc2ccccc2c1)n1ncc2cc(-c3ccccc3)cc(C(=O)NCc3ccc(C(=O)O)cc3)c21. The van der Waals surface area contributed by atoms with E-state index in [2.05, 4.69) is 48.6 Å². The van der Waals surface area contributed by atoms with Gasteiger partial charge in [0.1, 0.15) is 0 Å². The molecule has 1 atom stereocenters. The van der Waals surface area contributed by atoms with Crippen molar-refractivity contribution in [3.8, 4) is 11.1 Å². The summed E-state index contributed by atoms with van der Waals surface area (Å²) in [5.41, 5.74) is 5.36. The summed E-state index contributed by atoms with van der Waals surface area (Å²) in [6.45, 7) is 2.36. The highest BCUT2D eigenvalue weighted by molar-refractivity contribution is 6.07. The zero-order chi connectivity index (χ0) is 27.6. The molecule has 1 amide bonds. The van der Waals surface area contributed by atoms with Crippen LogP contribution in [0.4, 0.5) is 0 Å². The molecule has 6 nitrogen and oxygen atoms in total. The van der Waals surface area contributed by atoms with E-state index in [-0.39, 0.29) is 24.1 Å². The maximum Gasteiger partial charge on any atom is 0.335 e. The molecular formula is C34H27N3O3. The molecule has 0 aliphatic carbocycles. The second-order valence-electron chi connectivity index (χ2n) is 9.88. The minimum absolute atomic E-state index is 0.111. The van der Waals surface area contributed by atoms with Crippen LogP contribution in [0.3, 0.4) is 0 Å². The highest BCUT2D eigenvalue weighted by Crippen LogP contribution is 2.32. The van der Waals surface area contributed by atoms with Crippen LogP contribution >= 0.6 is 0 Å². The van der Waals surface area contributed by atoms with Gasteiger partial charge in [0.2, 0.25) is 0 Å². The van der Waals surface area contributed by atoms with Gasteiger partial charge in [-0.3, -0.25) is 9.48 Å². The summed E-state index contributed by atoms with van der Waals surface area (Å²) in [5.74, 6) is -1.21. The molecule has 6 rings (SSSR count). The summed E-state index contributed by atoms with van der Waals surface area (Å²) in [5, 5.41) is 20.2. The fourth-order valence-electron chi connectivity index (χ4n) is 5.11. The van der Waals surface area contributed by atoms with Gasteiger partial charge < -0.3 is 10.4 Å². The highest BCUT2D eigenvalue weighted by atomic mass is 16.4. The van der Waals surface area contributed by atoms with Gasteiger partial charge in [-0.15, -0.1) is 0 Å². The van der Waals surface area contributed by atoms with Gasteiger partial charge in [0.05, 0.1) is 28.9 Å². The molecular weight excluding hydrogens is 498 g/mol. The molecule has 0 saturated carbocycles. The van der Waals surface area contributed by atoms with Crippen molar-refractivity contribution in [3.05, 3.63) is 138 Å². The Hall–Kier alpha value is -5.23. The Balaban J connectivity index is 1.40. The lowest BCUT2D eigenvalue weighted by Gasteiger charge is -2.17. The van der Waals surface area contributed by atoms with Crippen LogP contribution in [0.25, 0.3) is 32.8 Å². The standard InChI is InChI=1S/C34H27N3O3/c1-22(27-16-15-25-9-5-6-10-28(25)17-27)37-32-30(21-36-37)18-29(24-7-3-2-4-8-24)19-31(32)33(38)35-20-23-11-13-26(14-12-23)34(39)40/h2-19,21-22H,20H2,1H3,(H,35,38)(H,39,40)/t22-/m0/s1. The van der Waals surface area contributed by atoms with Crippen LogP contribution in [-0.4, -0.2) is 26.8 Å². The number of fused-ring (bicyclic) bond motifs is 2. The summed E-state index contributed by atoms with van der Waals surface area (Å²) in [7, 11) is 0. The fourth-order valence-corrected chi connectivity index (χ4v) is 5.11. The Kier molecular flexibility index (Phi) is 6.58. The van der Waals surface area contributed by atoms with E-state index in [4.69, 9.17) is 10.2 Å². The van der Waals surface area contributed by atoms with Crippen molar-refractivity contribution in [3.63, 3.8) is 0 Å². The summed E-state index contributed by atoms with van der Waals surface area (Å²) in [6.07, 6.45) is 1.82. The van der Waals surface area contributed by atoms with Gasteiger partial charge in [0, 0.05) is 11.9 Å². The maximum atomic E-state index is 13.7. The van der Waals surface area contributed by atoms with Gasteiger partial charge in [-0.2, -0.15) is 5.10 Å². The molecule has 1 aromatic heterocycles. The van der Waals surface area contributed by atoms with E-state index < -0.39 is 5.97 Å². The van der Waals surface area contributed by atoms with Gasteiger partial charge in [0.25, 0.3) is 5.91 Å². The molecule has 196 valence electrons. The number of carbonyl (C=O) groups is 2. The van der Waals surface area contributed by atoms with E-state index in [1.54, 1.807) is 24.3 Å². The van der Waals surface area contributed by atoms with Gasteiger partial charge in [-0.05, 0) is 70.3 Å². The first-order valence-corrected chi connectivity index (χ1v) is 13.1. The average Bonchev–Trinajstić information content (AvgIpc) is 3.43. The monoisotopic (exact) mass is 525 g/mol. The molecule has 0 bridgehead atoms. The third kappa shape index (κ3) is 4.83. The molecule has 0 fully saturated rings. The topological polar surface area (TPSA) is 84.2 Å². The Labute approximate surface area is 231 Å². The maximum absolute atomic E-state index is 13.7. The number of carbonyl (C=O) groups excluding carboxylic acids is 1. The van der Waals surface area contributed by atoms with Crippen molar-refractivity contribution < 1.29 is 14.7 Å². The highest BCUT2D eigenvalue weighted by Gasteiger charge is 2.20. The molecule has 1 heterocycles. The van der Waals surface area contributed by atoms with E-state index in [9.17, 15) is 9.59 Å². The molecule has 0 spiro atoms. The number of aromatic carboxylic acids is 1. The zero-order valence-electron chi connectivity index (χ0n) is 21.9. The molecule has 0 aliphatic heterocycles. The summed E-state index contributed by atoms with van der Waals surface area (Å²) in [6, 6.07) is 35.0. The van der Waals surface area contributed by atoms with Crippen molar-refractivity contribution in [2.75, 3.05) is 0 Å². The van der Waals surface area contributed by atoms with Crippen molar-refractivity contribution in [1.82, 2.24) is 15.1 Å². The molecule has 2 N–H and O–H groups in total. The molecule has 0 saturated heterocycles. The largest absolute Gasteiger partial charge is 0.478 e. The molecule has 5 aromatic carbocycles. The van der Waals surface area contributed by atoms with Crippen LogP contribution in [0.1, 0.15) is 44.8 Å². The number of amides is 1. The van der Waals surface area contributed by atoms with E-state index in [1.807, 2.05) is 59.4 Å². The lowest BCUT2D eigenvalue weighted by molar-refractivity contribution is 0.0696. The lowest BCUT2D eigenvalue weighted by Crippen LogP contribution is -2.24. The van der Waals surface area contributed by atoms with Crippen LogP contribution in [0.5, 0.6) is 0 Å². The second kappa shape index (κ2) is 10.5. The molecule has 0 radical (unpaired) electrons. The van der Waals surface area contributed by atoms with Crippen LogP contribution in [0.2, 0.25) is 0 Å². The first-order valence-electron chi connectivity index (χ1n) is 13.1. The Morgan fingerprint density at radius 3 is 2.27 bits per heavy atom. The number of benzene rings is 5. The molecule has 6 heteroatoms. The number of hydrogen-bond acceptors (Lipinski definition) is 3. The Bertz CT molecular complexity index is 1860. The third-order valence-corrected chi connectivity index (χ3v) is 7.32. The van der Waals surface area contributed by atoms with Crippen molar-refractivity contribution in [2.45, 2.75) is 19.5 Å². The number of nitrogens with one attached hydrogen (secondary N) is 1. The number of carboxylic acids is 1. The lowest BCUT2D eigenvalue weighted by atomic mass is 9.99. The van der Waals surface area contributed by atoms with Gasteiger partial charge >= 0.3 is 5.97 Å². The summed E-state index contributed by atoms with van der Waals surface area (Å²) < 4.78 is 1.92. The first-order chi connectivity index (χ1) is 19.5. The smallest absolute Gasteiger partial charge is 0.335 e. The predicted molar refractivity (Wildman–Crippen MR) is 158 cm³/mol. The summed E-state index contributed by atoms with van der Waals surface area (Å²) in [4.78, 5) is 24.9. The number of carboxylic acid groups (broad SMARTS) is 1. The molecule has 40 heavy (non-hydrogen) atoms. The Morgan fingerprint density at radius 1 is 0.800 bits per heavy atom. The summed E-state index contributed by atoms with van der Waals surface area (Å²) >= 11 is 0. The van der Waals surface area contributed by atoms with Gasteiger partial charge in [0.15, 0.2) is 0 Å². The minimum Gasteiger partial charge on any atom is -0.478 e. The number of aromatic nitrogens is 2. The fraction of sp³-hybridized carbons (Fsp3) is 0.0882. The first kappa shape index (κ1) is 25.1. The van der Waals surface area contributed by atoms with Gasteiger partial charge in [-0.25, -0.2) is 4.79 Å². The average molecular weight is 526 g/mol. The van der Waals surface area contributed by atoms with E-state index in [1.165, 1.54) is 5.39 Å². The zero-order valence-corrected chi connectivity index (χ0v) is 21.9. The molecule has 6 aromatic rings. The number of rotatable bonds is 7. The number of nitrogens with zero attached hydrogens (tertiary/aromatic N) is 2. The number of hydrogen-bond donors (Lipinski definition) is 2. The molecule has 0 unspecified atom stereocenters. The van der Waals surface area contributed by atoms with Crippen molar-refractivity contribution in [1.29, 1.82) is 0 Å².